The number of hydrogen-bond donors (Lipinski definition) is 0. The Morgan fingerprint density at radius 2 is 2.00 bits per heavy atom. The van der Waals surface area contributed by atoms with E-state index in [1.807, 2.05) is 13.0 Å². The average Bonchev–Trinajstić information content (AvgIpc) is 2.49. The molecule has 2 unspecified atom stereocenters. The second kappa shape index (κ2) is 7.32. The Labute approximate surface area is 121 Å². The first kappa shape index (κ1) is 14.9. The monoisotopic (exact) mass is 276 g/mol. The van der Waals surface area contributed by atoms with Crippen molar-refractivity contribution in [2.45, 2.75) is 52.1 Å². The van der Waals surface area contributed by atoms with E-state index in [0.29, 0.717) is 23.8 Å². The Morgan fingerprint density at radius 1 is 1.20 bits per heavy atom. The maximum absolute atomic E-state index is 10.9. The van der Waals surface area contributed by atoms with Crippen molar-refractivity contribution < 1.29 is 14.3 Å². The summed E-state index contributed by atoms with van der Waals surface area (Å²) in [6.07, 6.45) is 7.16. The molecule has 0 spiro atoms. The molecule has 1 saturated carbocycles. The van der Waals surface area contributed by atoms with Gasteiger partial charge < -0.3 is 9.47 Å². The lowest BCUT2D eigenvalue weighted by molar-refractivity contribution is 0.0865. The fourth-order valence-electron chi connectivity index (χ4n) is 2.92. The Kier molecular flexibility index (Phi) is 5.45. The van der Waals surface area contributed by atoms with Crippen molar-refractivity contribution in [3.63, 3.8) is 0 Å². The number of carbonyl (C=O) groups is 1. The van der Waals surface area contributed by atoms with E-state index in [1.54, 1.807) is 12.1 Å². The van der Waals surface area contributed by atoms with Crippen LogP contribution in [-0.4, -0.2) is 19.0 Å². The number of benzene rings is 1. The second-order valence-electron chi connectivity index (χ2n) is 5.37. The van der Waals surface area contributed by atoms with Crippen LogP contribution in [0.3, 0.4) is 0 Å². The van der Waals surface area contributed by atoms with Gasteiger partial charge in [-0.25, -0.2) is 0 Å². The first-order chi connectivity index (χ1) is 9.78. The summed E-state index contributed by atoms with van der Waals surface area (Å²) in [5, 5.41) is 0. The van der Waals surface area contributed by atoms with Gasteiger partial charge in [-0.2, -0.15) is 0 Å². The van der Waals surface area contributed by atoms with Gasteiger partial charge in [0.15, 0.2) is 11.5 Å². The molecule has 0 amide bonds. The summed E-state index contributed by atoms with van der Waals surface area (Å²) in [4.78, 5) is 10.9. The molecule has 1 fully saturated rings. The summed E-state index contributed by atoms with van der Waals surface area (Å²) >= 11 is 0. The SMILES string of the molecule is CCOc1cc(C=O)ccc1OC1CCCCC1CC. The van der Waals surface area contributed by atoms with Gasteiger partial charge in [-0.05, 0) is 56.7 Å². The number of carbonyl (C=O) groups excluding carboxylic acids is 1. The lowest BCUT2D eigenvalue weighted by atomic mass is 9.85. The first-order valence-corrected chi connectivity index (χ1v) is 7.67. The van der Waals surface area contributed by atoms with Crippen LogP contribution in [0.1, 0.15) is 56.3 Å². The van der Waals surface area contributed by atoms with Crippen molar-refractivity contribution in [2.75, 3.05) is 6.61 Å². The molecular weight excluding hydrogens is 252 g/mol. The zero-order valence-corrected chi connectivity index (χ0v) is 12.4. The topological polar surface area (TPSA) is 35.5 Å². The van der Waals surface area contributed by atoms with E-state index in [1.165, 1.54) is 19.3 Å². The van der Waals surface area contributed by atoms with Crippen LogP contribution in [-0.2, 0) is 0 Å². The summed E-state index contributed by atoms with van der Waals surface area (Å²) in [6.45, 7) is 4.73. The van der Waals surface area contributed by atoms with Crippen molar-refractivity contribution in [1.29, 1.82) is 0 Å². The third kappa shape index (κ3) is 3.53. The molecule has 110 valence electrons. The summed E-state index contributed by atoms with van der Waals surface area (Å²) in [5.41, 5.74) is 0.622. The first-order valence-electron chi connectivity index (χ1n) is 7.67. The Balaban J connectivity index is 2.16. The highest BCUT2D eigenvalue weighted by atomic mass is 16.5. The molecule has 20 heavy (non-hydrogen) atoms. The standard InChI is InChI=1S/C17H24O3/c1-3-14-7-5-6-8-15(14)20-16-10-9-13(12-18)11-17(16)19-4-2/h9-12,14-15H,3-8H2,1-2H3. The summed E-state index contributed by atoms with van der Waals surface area (Å²) in [7, 11) is 0. The average molecular weight is 276 g/mol. The molecule has 0 N–H and O–H groups in total. The number of ether oxygens (including phenoxy) is 2. The highest BCUT2D eigenvalue weighted by molar-refractivity contribution is 5.76. The van der Waals surface area contributed by atoms with Crippen molar-refractivity contribution in [3.05, 3.63) is 23.8 Å². The van der Waals surface area contributed by atoms with Crippen LogP contribution in [0.5, 0.6) is 11.5 Å². The summed E-state index contributed by atoms with van der Waals surface area (Å²) in [5.74, 6) is 2.07. The van der Waals surface area contributed by atoms with Gasteiger partial charge in [0.05, 0.1) is 6.61 Å². The van der Waals surface area contributed by atoms with E-state index < -0.39 is 0 Å². The zero-order valence-electron chi connectivity index (χ0n) is 12.4. The third-order valence-corrected chi connectivity index (χ3v) is 4.05. The van der Waals surface area contributed by atoms with E-state index >= 15 is 0 Å². The van der Waals surface area contributed by atoms with Gasteiger partial charge >= 0.3 is 0 Å². The molecule has 1 aliphatic carbocycles. The van der Waals surface area contributed by atoms with Crippen molar-refractivity contribution >= 4 is 6.29 Å². The molecule has 2 rings (SSSR count). The molecule has 0 saturated heterocycles. The molecule has 0 aliphatic heterocycles. The van der Waals surface area contributed by atoms with Crippen LogP contribution in [0, 0.1) is 5.92 Å². The number of hydrogen-bond acceptors (Lipinski definition) is 3. The minimum atomic E-state index is 0.273. The smallest absolute Gasteiger partial charge is 0.161 e. The van der Waals surface area contributed by atoms with E-state index in [-0.39, 0.29) is 6.10 Å². The predicted molar refractivity (Wildman–Crippen MR) is 79.7 cm³/mol. The van der Waals surface area contributed by atoms with Gasteiger partial charge in [0, 0.05) is 5.56 Å². The molecule has 0 bridgehead atoms. The normalized spacial score (nSPS) is 22.3. The summed E-state index contributed by atoms with van der Waals surface area (Å²) < 4.78 is 11.8. The third-order valence-electron chi connectivity index (χ3n) is 4.05. The molecule has 0 heterocycles. The van der Waals surface area contributed by atoms with Crippen LogP contribution in [0.2, 0.25) is 0 Å². The Bertz CT molecular complexity index is 442. The molecule has 1 aromatic carbocycles. The fourth-order valence-corrected chi connectivity index (χ4v) is 2.92. The maximum atomic E-state index is 10.9. The Hall–Kier alpha value is -1.51. The molecule has 3 nitrogen and oxygen atoms in total. The van der Waals surface area contributed by atoms with E-state index in [4.69, 9.17) is 9.47 Å². The van der Waals surface area contributed by atoms with Gasteiger partial charge in [-0.3, -0.25) is 4.79 Å². The van der Waals surface area contributed by atoms with Gasteiger partial charge in [-0.15, -0.1) is 0 Å². The molecular formula is C17H24O3. The predicted octanol–water partition coefficient (Wildman–Crippen LogP) is 4.25. The lowest BCUT2D eigenvalue weighted by Crippen LogP contribution is -2.30. The van der Waals surface area contributed by atoms with E-state index in [0.717, 1.165) is 24.9 Å². The second-order valence-corrected chi connectivity index (χ2v) is 5.37. The maximum Gasteiger partial charge on any atom is 0.161 e. The largest absolute Gasteiger partial charge is 0.490 e. The molecule has 2 atom stereocenters. The van der Waals surface area contributed by atoms with Gasteiger partial charge in [-0.1, -0.05) is 13.3 Å². The van der Waals surface area contributed by atoms with Crippen LogP contribution >= 0.6 is 0 Å². The molecule has 3 heteroatoms. The quantitative estimate of drug-likeness (QED) is 0.729. The summed E-state index contributed by atoms with van der Waals surface area (Å²) in [6, 6.07) is 5.40. The number of rotatable bonds is 6. The minimum absolute atomic E-state index is 0.273. The number of aldehydes is 1. The van der Waals surface area contributed by atoms with E-state index in [9.17, 15) is 4.79 Å². The van der Waals surface area contributed by atoms with Crippen molar-refractivity contribution in [3.8, 4) is 11.5 Å². The molecule has 0 aromatic heterocycles. The van der Waals surface area contributed by atoms with Gasteiger partial charge in [0.1, 0.15) is 12.4 Å². The van der Waals surface area contributed by atoms with Crippen molar-refractivity contribution in [1.82, 2.24) is 0 Å². The molecule has 0 radical (unpaired) electrons. The molecule has 1 aromatic rings. The molecule has 1 aliphatic rings. The highest BCUT2D eigenvalue weighted by Gasteiger charge is 2.26. The van der Waals surface area contributed by atoms with Gasteiger partial charge in [0.25, 0.3) is 0 Å². The Morgan fingerprint density at radius 3 is 2.70 bits per heavy atom. The minimum Gasteiger partial charge on any atom is -0.490 e. The van der Waals surface area contributed by atoms with E-state index in [2.05, 4.69) is 6.92 Å². The van der Waals surface area contributed by atoms with Crippen LogP contribution in [0.15, 0.2) is 18.2 Å². The van der Waals surface area contributed by atoms with Crippen LogP contribution < -0.4 is 9.47 Å². The highest BCUT2D eigenvalue weighted by Crippen LogP contribution is 2.35. The van der Waals surface area contributed by atoms with Crippen LogP contribution in [0.25, 0.3) is 0 Å². The fraction of sp³-hybridized carbons (Fsp3) is 0.588. The van der Waals surface area contributed by atoms with Crippen LogP contribution in [0.4, 0.5) is 0 Å². The lowest BCUT2D eigenvalue weighted by Gasteiger charge is -2.31. The zero-order chi connectivity index (χ0) is 14.4. The van der Waals surface area contributed by atoms with Crippen molar-refractivity contribution in [2.24, 2.45) is 5.92 Å². The van der Waals surface area contributed by atoms with Gasteiger partial charge in [0.2, 0.25) is 0 Å².